The third-order valence-corrected chi connectivity index (χ3v) is 0.871. The fourth-order valence-electron chi connectivity index (χ4n) is 0.367. The quantitative estimate of drug-likeness (QED) is 0.262. The standard InChI is InChI=1S/C6H9N3O2/c1-10-5(8)3-6(11-2)9-4-7/h3H,8H2,1-2H3/b5-3-,9-6?. The van der Waals surface area contributed by atoms with E-state index >= 15 is 0 Å². The van der Waals surface area contributed by atoms with Crippen LogP contribution in [0.2, 0.25) is 0 Å². The number of ether oxygens (including phenoxy) is 2. The molecule has 60 valence electrons. The fourth-order valence-corrected chi connectivity index (χ4v) is 0.367. The summed E-state index contributed by atoms with van der Waals surface area (Å²) in [5.41, 5.74) is 5.25. The Labute approximate surface area is 64.7 Å². The minimum Gasteiger partial charge on any atom is -0.483 e. The summed E-state index contributed by atoms with van der Waals surface area (Å²) in [5.74, 6) is 0.257. The maximum absolute atomic E-state index is 8.12. The van der Waals surface area contributed by atoms with Crippen LogP contribution in [0.25, 0.3) is 0 Å². The van der Waals surface area contributed by atoms with Gasteiger partial charge in [-0.2, -0.15) is 5.26 Å². The maximum Gasteiger partial charge on any atom is 0.229 e. The molecule has 2 N–H and O–H groups in total. The molecule has 0 aromatic heterocycles. The normalized spacial score (nSPS) is 12.1. The molecule has 0 saturated heterocycles. The average molecular weight is 155 g/mol. The Kier molecular flexibility index (Phi) is 4.32. The van der Waals surface area contributed by atoms with Gasteiger partial charge in [0, 0.05) is 0 Å². The molecule has 0 aliphatic rings. The molecule has 0 aromatic rings. The SMILES string of the molecule is COC(/C=C(/N)OC)=NC#N. The third kappa shape index (κ3) is 3.81. The Morgan fingerprint density at radius 3 is 2.55 bits per heavy atom. The molecule has 0 atom stereocenters. The maximum atomic E-state index is 8.12. The number of nitrogens with zero attached hydrogens (tertiary/aromatic N) is 2. The molecule has 0 aliphatic carbocycles. The molecule has 0 unspecified atom stereocenters. The first-order chi connectivity index (χ1) is 5.24. The molecule has 11 heavy (non-hydrogen) atoms. The van der Waals surface area contributed by atoms with Crippen LogP contribution in [0.1, 0.15) is 0 Å². The number of hydrogen-bond donors (Lipinski definition) is 1. The highest BCUT2D eigenvalue weighted by atomic mass is 16.5. The van der Waals surface area contributed by atoms with Crippen molar-refractivity contribution >= 4 is 5.90 Å². The lowest BCUT2D eigenvalue weighted by Crippen LogP contribution is -2.05. The van der Waals surface area contributed by atoms with Gasteiger partial charge in [-0.05, 0) is 0 Å². The minimum atomic E-state index is 0.117. The lowest BCUT2D eigenvalue weighted by molar-refractivity contribution is 0.286. The van der Waals surface area contributed by atoms with Crippen molar-refractivity contribution in [3.05, 3.63) is 12.0 Å². The van der Waals surface area contributed by atoms with E-state index in [0.717, 1.165) is 0 Å². The van der Waals surface area contributed by atoms with Crippen LogP contribution in [-0.4, -0.2) is 20.1 Å². The molecule has 0 rings (SSSR count). The van der Waals surface area contributed by atoms with Crippen LogP contribution in [0.5, 0.6) is 0 Å². The molecule has 0 saturated carbocycles. The lowest BCUT2D eigenvalue weighted by atomic mass is 10.6. The number of nitriles is 1. The lowest BCUT2D eigenvalue weighted by Gasteiger charge is -1.98. The van der Waals surface area contributed by atoms with E-state index in [2.05, 4.69) is 14.5 Å². The summed E-state index contributed by atoms with van der Waals surface area (Å²) in [4.78, 5) is 3.29. The summed E-state index contributed by atoms with van der Waals surface area (Å²) in [6, 6.07) is 0. The van der Waals surface area contributed by atoms with Crippen molar-refractivity contribution in [3.8, 4) is 6.19 Å². The average Bonchev–Trinajstić information content (AvgIpc) is 2.03. The number of aliphatic imine (C=N–C) groups is 1. The monoisotopic (exact) mass is 155 g/mol. The van der Waals surface area contributed by atoms with Gasteiger partial charge < -0.3 is 15.2 Å². The van der Waals surface area contributed by atoms with E-state index in [1.54, 1.807) is 6.19 Å². The smallest absolute Gasteiger partial charge is 0.229 e. The van der Waals surface area contributed by atoms with Gasteiger partial charge in [0.15, 0.2) is 5.88 Å². The van der Waals surface area contributed by atoms with Gasteiger partial charge in [0.25, 0.3) is 0 Å². The van der Waals surface area contributed by atoms with Crippen molar-refractivity contribution in [3.63, 3.8) is 0 Å². The topological polar surface area (TPSA) is 80.6 Å². The van der Waals surface area contributed by atoms with Crippen molar-refractivity contribution in [2.45, 2.75) is 0 Å². The first-order valence-electron chi connectivity index (χ1n) is 2.76. The number of methoxy groups -OCH3 is 2. The zero-order valence-electron chi connectivity index (χ0n) is 6.37. The molecule has 0 aliphatic heterocycles. The molecule has 0 radical (unpaired) electrons. The Morgan fingerprint density at radius 1 is 1.55 bits per heavy atom. The second-order valence-corrected chi connectivity index (χ2v) is 1.50. The van der Waals surface area contributed by atoms with E-state index < -0.39 is 0 Å². The van der Waals surface area contributed by atoms with Crippen LogP contribution in [0.4, 0.5) is 0 Å². The Balaban J connectivity index is 4.32. The van der Waals surface area contributed by atoms with Crippen LogP contribution in [0.15, 0.2) is 17.0 Å². The fraction of sp³-hybridized carbons (Fsp3) is 0.333. The summed E-state index contributed by atoms with van der Waals surface area (Å²) < 4.78 is 9.25. The van der Waals surface area contributed by atoms with Crippen LogP contribution in [0, 0.1) is 11.5 Å². The van der Waals surface area contributed by atoms with Gasteiger partial charge in [-0.25, -0.2) is 0 Å². The summed E-state index contributed by atoms with van der Waals surface area (Å²) in [7, 11) is 2.79. The van der Waals surface area contributed by atoms with Gasteiger partial charge >= 0.3 is 0 Å². The van der Waals surface area contributed by atoms with E-state index in [1.165, 1.54) is 20.3 Å². The first kappa shape index (κ1) is 9.30. The number of nitrogens with two attached hydrogens (primary N) is 1. The Morgan fingerprint density at radius 2 is 2.18 bits per heavy atom. The highest BCUT2D eigenvalue weighted by molar-refractivity contribution is 5.88. The summed E-state index contributed by atoms with van der Waals surface area (Å²) in [6.45, 7) is 0. The van der Waals surface area contributed by atoms with Crippen molar-refractivity contribution in [1.82, 2.24) is 0 Å². The molecular weight excluding hydrogens is 146 g/mol. The zero-order chi connectivity index (χ0) is 8.69. The van der Waals surface area contributed by atoms with Gasteiger partial charge in [-0.3, -0.25) is 0 Å². The molecule has 0 heterocycles. The molecule has 0 spiro atoms. The predicted molar refractivity (Wildman–Crippen MR) is 39.3 cm³/mol. The van der Waals surface area contributed by atoms with Gasteiger partial charge in [0.2, 0.25) is 12.1 Å². The highest BCUT2D eigenvalue weighted by Gasteiger charge is 1.94. The van der Waals surface area contributed by atoms with Crippen molar-refractivity contribution in [1.29, 1.82) is 5.26 Å². The molecule has 5 nitrogen and oxygen atoms in total. The van der Waals surface area contributed by atoms with Gasteiger partial charge in [-0.15, -0.1) is 4.99 Å². The summed E-state index contributed by atoms with van der Waals surface area (Å²) in [5, 5.41) is 8.12. The molecule has 0 fully saturated rings. The van der Waals surface area contributed by atoms with E-state index in [0.29, 0.717) is 0 Å². The van der Waals surface area contributed by atoms with Crippen molar-refractivity contribution in [2.75, 3.05) is 14.2 Å². The predicted octanol–water partition coefficient (Wildman–Crippen LogP) is -0.0411. The van der Waals surface area contributed by atoms with E-state index in [9.17, 15) is 0 Å². The van der Waals surface area contributed by atoms with Crippen LogP contribution in [0.3, 0.4) is 0 Å². The van der Waals surface area contributed by atoms with Crippen molar-refractivity contribution < 1.29 is 9.47 Å². The summed E-state index contributed by atoms with van der Waals surface area (Å²) >= 11 is 0. The van der Waals surface area contributed by atoms with Crippen LogP contribution >= 0.6 is 0 Å². The molecule has 0 amide bonds. The second-order valence-electron chi connectivity index (χ2n) is 1.50. The van der Waals surface area contributed by atoms with Crippen LogP contribution in [-0.2, 0) is 9.47 Å². The molecule has 0 bridgehead atoms. The van der Waals surface area contributed by atoms with E-state index in [1.807, 2.05) is 0 Å². The van der Waals surface area contributed by atoms with Gasteiger partial charge in [0.05, 0.1) is 20.3 Å². The highest BCUT2D eigenvalue weighted by Crippen LogP contribution is 1.88. The third-order valence-electron chi connectivity index (χ3n) is 0.871. The minimum absolute atomic E-state index is 0.117. The zero-order valence-corrected chi connectivity index (χ0v) is 6.37. The Bertz CT molecular complexity index is 214. The largest absolute Gasteiger partial charge is 0.483 e. The Hall–Kier alpha value is -1.70. The van der Waals surface area contributed by atoms with E-state index in [4.69, 9.17) is 11.0 Å². The number of hydrogen-bond acceptors (Lipinski definition) is 5. The van der Waals surface area contributed by atoms with Crippen molar-refractivity contribution in [2.24, 2.45) is 10.7 Å². The van der Waals surface area contributed by atoms with Gasteiger partial charge in [-0.1, -0.05) is 0 Å². The summed E-state index contributed by atoms with van der Waals surface area (Å²) in [6.07, 6.45) is 2.86. The first-order valence-corrected chi connectivity index (χ1v) is 2.76. The second kappa shape index (κ2) is 5.11. The molecular formula is C6H9N3O2. The number of rotatable bonds is 2. The molecule has 5 heteroatoms. The molecule has 0 aromatic carbocycles. The van der Waals surface area contributed by atoms with Gasteiger partial charge in [0.1, 0.15) is 0 Å². The van der Waals surface area contributed by atoms with E-state index in [-0.39, 0.29) is 11.8 Å². The van der Waals surface area contributed by atoms with Crippen LogP contribution < -0.4 is 5.73 Å².